The highest BCUT2D eigenvalue weighted by molar-refractivity contribution is 5.91. The molecule has 0 radical (unpaired) electrons. The number of carbonyl (C=O) groups is 1. The second-order valence-electron chi connectivity index (χ2n) is 4.09. The van der Waals surface area contributed by atoms with Crippen LogP contribution in [0.1, 0.15) is 29.2 Å². The predicted octanol–water partition coefficient (Wildman–Crippen LogP) is -0.354. The quantitative estimate of drug-likeness (QED) is 0.735. The second kappa shape index (κ2) is 5.74. The first-order valence-corrected chi connectivity index (χ1v) is 5.38. The monoisotopic (exact) mass is 241 g/mol. The van der Waals surface area contributed by atoms with Crippen molar-refractivity contribution >= 4 is 5.91 Å². The normalized spacial score (nSPS) is 13.0. The van der Waals surface area contributed by atoms with Crippen molar-refractivity contribution in [1.82, 2.24) is 19.9 Å². The smallest absolute Gasteiger partial charge is 0.271 e. The van der Waals surface area contributed by atoms with Crippen LogP contribution in [0.15, 0.2) is 0 Å². The molecule has 96 valence electrons. The zero-order chi connectivity index (χ0) is 13.0. The molecular formula is C10H19N5O2. The molecule has 0 spiro atoms. The molecule has 7 nitrogen and oxygen atoms in total. The van der Waals surface area contributed by atoms with Gasteiger partial charge in [0.1, 0.15) is 5.69 Å². The van der Waals surface area contributed by atoms with E-state index in [1.807, 2.05) is 25.9 Å². The zero-order valence-corrected chi connectivity index (χ0v) is 10.7. The number of ether oxygens (including phenoxy) is 1. The fraction of sp³-hybridized carbons (Fsp3) is 0.700. The van der Waals surface area contributed by atoms with Gasteiger partial charge in [0.15, 0.2) is 5.69 Å². The molecule has 0 bridgehead atoms. The molecule has 0 fully saturated rings. The predicted molar refractivity (Wildman–Crippen MR) is 62.5 cm³/mol. The molecule has 1 amide bonds. The summed E-state index contributed by atoms with van der Waals surface area (Å²) in [5, 5.41) is 7.74. The molecule has 1 rings (SSSR count). The summed E-state index contributed by atoms with van der Waals surface area (Å²) in [4.78, 5) is 13.3. The van der Waals surface area contributed by atoms with E-state index < -0.39 is 5.91 Å². The van der Waals surface area contributed by atoms with Crippen LogP contribution in [0.3, 0.4) is 0 Å². The van der Waals surface area contributed by atoms with Gasteiger partial charge in [0.2, 0.25) is 0 Å². The van der Waals surface area contributed by atoms with E-state index in [1.165, 1.54) is 0 Å². The van der Waals surface area contributed by atoms with Crippen LogP contribution >= 0.6 is 0 Å². The van der Waals surface area contributed by atoms with Crippen LogP contribution in [0, 0.1) is 0 Å². The van der Waals surface area contributed by atoms with E-state index in [1.54, 1.807) is 11.8 Å². The summed E-state index contributed by atoms with van der Waals surface area (Å²) in [6.45, 7) is 3.26. The van der Waals surface area contributed by atoms with Crippen molar-refractivity contribution in [1.29, 1.82) is 0 Å². The molecule has 1 unspecified atom stereocenters. The maximum absolute atomic E-state index is 11.2. The Bertz CT molecular complexity index is 388. The summed E-state index contributed by atoms with van der Waals surface area (Å²) >= 11 is 0. The number of carbonyl (C=O) groups excluding carboxylic acids is 1. The van der Waals surface area contributed by atoms with Gasteiger partial charge in [-0.25, -0.2) is 4.68 Å². The third-order valence-electron chi connectivity index (χ3n) is 2.50. The number of nitrogens with zero attached hydrogens (tertiary/aromatic N) is 4. The third-order valence-corrected chi connectivity index (χ3v) is 2.50. The summed E-state index contributed by atoms with van der Waals surface area (Å²) in [6, 6.07) is 0. The van der Waals surface area contributed by atoms with Gasteiger partial charge in [0.05, 0.1) is 12.6 Å². The Morgan fingerprint density at radius 2 is 2.24 bits per heavy atom. The standard InChI is InChI=1S/C10H19N5O2/c1-7(17-4)9-8(10(11)16)12-13-15(9)6-5-14(2)3/h7H,5-6H2,1-4H3,(H2,11,16). The molecule has 1 aromatic rings. The number of aromatic nitrogens is 3. The zero-order valence-electron chi connectivity index (χ0n) is 10.7. The highest BCUT2D eigenvalue weighted by atomic mass is 16.5. The molecule has 17 heavy (non-hydrogen) atoms. The Morgan fingerprint density at radius 1 is 1.59 bits per heavy atom. The van der Waals surface area contributed by atoms with Crippen LogP contribution < -0.4 is 5.73 Å². The first-order valence-electron chi connectivity index (χ1n) is 5.38. The number of rotatable bonds is 6. The van der Waals surface area contributed by atoms with Gasteiger partial charge in [-0.3, -0.25) is 4.79 Å². The van der Waals surface area contributed by atoms with Gasteiger partial charge in [-0.05, 0) is 21.0 Å². The number of likely N-dealkylation sites (N-methyl/N-ethyl adjacent to an activating group) is 1. The van der Waals surface area contributed by atoms with Gasteiger partial charge in [-0.15, -0.1) is 5.10 Å². The minimum absolute atomic E-state index is 0.179. The van der Waals surface area contributed by atoms with Gasteiger partial charge < -0.3 is 15.4 Å². The second-order valence-corrected chi connectivity index (χ2v) is 4.09. The minimum atomic E-state index is -0.583. The number of methoxy groups -OCH3 is 1. The SMILES string of the molecule is COC(C)c1c(C(N)=O)nnn1CCN(C)C. The Balaban J connectivity index is 3.00. The van der Waals surface area contributed by atoms with E-state index in [0.29, 0.717) is 12.2 Å². The summed E-state index contributed by atoms with van der Waals surface area (Å²) in [6.07, 6.45) is -0.269. The molecule has 0 saturated carbocycles. The molecule has 1 heterocycles. The Morgan fingerprint density at radius 3 is 2.71 bits per heavy atom. The largest absolute Gasteiger partial charge is 0.375 e. The number of nitrogens with two attached hydrogens (primary N) is 1. The topological polar surface area (TPSA) is 86.3 Å². The fourth-order valence-corrected chi connectivity index (χ4v) is 1.47. The molecular weight excluding hydrogens is 222 g/mol. The Hall–Kier alpha value is -1.47. The Kier molecular flexibility index (Phi) is 4.59. The lowest BCUT2D eigenvalue weighted by Gasteiger charge is -2.14. The molecule has 0 aliphatic carbocycles. The third kappa shape index (κ3) is 3.24. The van der Waals surface area contributed by atoms with Gasteiger partial charge in [0, 0.05) is 13.7 Å². The molecule has 2 N–H and O–H groups in total. The lowest BCUT2D eigenvalue weighted by atomic mass is 10.2. The fourth-order valence-electron chi connectivity index (χ4n) is 1.47. The minimum Gasteiger partial charge on any atom is -0.375 e. The van der Waals surface area contributed by atoms with Gasteiger partial charge in [0.25, 0.3) is 5.91 Å². The van der Waals surface area contributed by atoms with Crippen LogP contribution in [0.5, 0.6) is 0 Å². The van der Waals surface area contributed by atoms with Gasteiger partial charge in [-0.2, -0.15) is 0 Å². The molecule has 1 atom stereocenters. The maximum Gasteiger partial charge on any atom is 0.271 e. The van der Waals surface area contributed by atoms with Crippen LogP contribution in [-0.4, -0.2) is 53.6 Å². The molecule has 7 heteroatoms. The molecule has 0 aromatic carbocycles. The first kappa shape index (κ1) is 13.6. The van der Waals surface area contributed by atoms with Crippen LogP contribution in [0.4, 0.5) is 0 Å². The van der Waals surface area contributed by atoms with Crippen molar-refractivity contribution < 1.29 is 9.53 Å². The average molecular weight is 241 g/mol. The van der Waals surface area contributed by atoms with Crippen LogP contribution in [0.2, 0.25) is 0 Å². The van der Waals surface area contributed by atoms with Gasteiger partial charge >= 0.3 is 0 Å². The Labute approximate surface area is 101 Å². The van der Waals surface area contributed by atoms with E-state index in [9.17, 15) is 4.79 Å². The van der Waals surface area contributed by atoms with Crippen molar-refractivity contribution in [2.75, 3.05) is 27.7 Å². The molecule has 1 aromatic heterocycles. The lowest BCUT2D eigenvalue weighted by molar-refractivity contribution is 0.0959. The first-order chi connectivity index (χ1) is 7.97. The van der Waals surface area contributed by atoms with Crippen molar-refractivity contribution in [3.8, 4) is 0 Å². The maximum atomic E-state index is 11.2. The van der Waals surface area contributed by atoms with Crippen molar-refractivity contribution in [3.63, 3.8) is 0 Å². The van der Waals surface area contributed by atoms with Crippen molar-refractivity contribution in [2.45, 2.75) is 19.6 Å². The van der Waals surface area contributed by atoms with Crippen molar-refractivity contribution in [2.24, 2.45) is 5.73 Å². The van der Waals surface area contributed by atoms with E-state index in [4.69, 9.17) is 10.5 Å². The summed E-state index contributed by atoms with van der Waals surface area (Å²) in [5.74, 6) is -0.583. The van der Waals surface area contributed by atoms with E-state index in [-0.39, 0.29) is 11.8 Å². The molecule has 0 aliphatic rings. The number of hydrogen-bond donors (Lipinski definition) is 1. The number of amides is 1. The summed E-state index contributed by atoms with van der Waals surface area (Å²) < 4.78 is 6.87. The summed E-state index contributed by atoms with van der Waals surface area (Å²) in [7, 11) is 5.50. The number of primary amides is 1. The van der Waals surface area contributed by atoms with Gasteiger partial charge in [-0.1, -0.05) is 5.21 Å². The van der Waals surface area contributed by atoms with Crippen LogP contribution in [-0.2, 0) is 11.3 Å². The van der Waals surface area contributed by atoms with E-state index >= 15 is 0 Å². The lowest BCUT2D eigenvalue weighted by Crippen LogP contribution is -2.22. The highest BCUT2D eigenvalue weighted by Gasteiger charge is 2.22. The van der Waals surface area contributed by atoms with Crippen LogP contribution in [0.25, 0.3) is 0 Å². The molecule has 0 aliphatic heterocycles. The van der Waals surface area contributed by atoms with Crippen molar-refractivity contribution in [3.05, 3.63) is 11.4 Å². The highest BCUT2D eigenvalue weighted by Crippen LogP contribution is 2.18. The average Bonchev–Trinajstić information content (AvgIpc) is 2.68. The van der Waals surface area contributed by atoms with E-state index in [2.05, 4.69) is 10.3 Å². The molecule has 0 saturated heterocycles. The van der Waals surface area contributed by atoms with E-state index in [0.717, 1.165) is 6.54 Å². The summed E-state index contributed by atoms with van der Waals surface area (Å²) in [5.41, 5.74) is 6.06. The number of hydrogen-bond acceptors (Lipinski definition) is 5.